The van der Waals surface area contributed by atoms with Gasteiger partial charge in [0.05, 0.1) is 19.4 Å². The summed E-state index contributed by atoms with van der Waals surface area (Å²) in [5.74, 6) is 1.80. The van der Waals surface area contributed by atoms with Crippen LogP contribution < -0.4 is 14.4 Å². The van der Waals surface area contributed by atoms with Crippen LogP contribution in [0.1, 0.15) is 12.6 Å². The van der Waals surface area contributed by atoms with Crippen molar-refractivity contribution in [3.8, 4) is 27.8 Å². The van der Waals surface area contributed by atoms with E-state index >= 15 is 0 Å². The van der Waals surface area contributed by atoms with E-state index in [0.717, 1.165) is 66.2 Å². The van der Waals surface area contributed by atoms with Crippen molar-refractivity contribution >= 4 is 17.0 Å². The predicted molar refractivity (Wildman–Crippen MR) is 121 cm³/mol. The Hall–Kier alpha value is -2.77. The van der Waals surface area contributed by atoms with Gasteiger partial charge in [-0.2, -0.15) is 0 Å². The van der Waals surface area contributed by atoms with Gasteiger partial charge < -0.3 is 19.5 Å². The number of ether oxygens (including phenoxy) is 2. The van der Waals surface area contributed by atoms with Crippen LogP contribution in [0.15, 0.2) is 47.8 Å². The summed E-state index contributed by atoms with van der Waals surface area (Å²) in [5.41, 5.74) is 3.30. The Labute approximate surface area is 181 Å². The molecule has 2 heterocycles. The monoisotopic (exact) mass is 425 g/mol. The van der Waals surface area contributed by atoms with Crippen LogP contribution >= 0.6 is 11.3 Å². The van der Waals surface area contributed by atoms with Crippen molar-refractivity contribution in [2.24, 2.45) is 0 Å². The quantitative estimate of drug-likeness (QED) is 0.611. The molecule has 0 amide bonds. The SMILES string of the molecule is CCOc1ccc(-c2nc(CN3CCN(c4ccc(O)cc4)CC3)cs2)cc1OC. The lowest BCUT2D eigenvalue weighted by molar-refractivity contribution is 0.247. The second kappa shape index (κ2) is 9.36. The van der Waals surface area contributed by atoms with E-state index in [1.165, 1.54) is 0 Å². The smallest absolute Gasteiger partial charge is 0.161 e. The Bertz CT molecular complexity index is 966. The molecule has 0 spiro atoms. The third-order valence-corrected chi connectivity index (χ3v) is 6.18. The molecule has 0 bridgehead atoms. The molecular weight excluding hydrogens is 398 g/mol. The molecule has 0 atom stereocenters. The molecule has 30 heavy (non-hydrogen) atoms. The molecule has 0 unspecified atom stereocenters. The minimum atomic E-state index is 0.307. The molecule has 0 saturated carbocycles. The molecule has 1 saturated heterocycles. The number of aromatic nitrogens is 1. The highest BCUT2D eigenvalue weighted by Crippen LogP contribution is 2.34. The Kier molecular flexibility index (Phi) is 6.40. The third-order valence-electron chi connectivity index (χ3n) is 5.23. The van der Waals surface area contributed by atoms with Gasteiger partial charge in [-0.25, -0.2) is 4.98 Å². The van der Waals surface area contributed by atoms with Crippen molar-refractivity contribution in [2.45, 2.75) is 13.5 Å². The van der Waals surface area contributed by atoms with Crippen LogP contribution in [0.5, 0.6) is 17.2 Å². The number of methoxy groups -OCH3 is 1. The second-order valence-corrected chi connectivity index (χ2v) is 8.08. The van der Waals surface area contributed by atoms with E-state index in [0.29, 0.717) is 12.4 Å². The van der Waals surface area contributed by atoms with Crippen molar-refractivity contribution in [2.75, 3.05) is 44.8 Å². The van der Waals surface area contributed by atoms with Crippen LogP contribution in [0.4, 0.5) is 5.69 Å². The van der Waals surface area contributed by atoms with E-state index in [2.05, 4.69) is 15.2 Å². The number of piperazine rings is 1. The van der Waals surface area contributed by atoms with Gasteiger partial charge in [-0.3, -0.25) is 4.90 Å². The number of hydrogen-bond acceptors (Lipinski definition) is 7. The molecule has 1 N–H and O–H groups in total. The average molecular weight is 426 g/mol. The minimum Gasteiger partial charge on any atom is -0.508 e. The van der Waals surface area contributed by atoms with Gasteiger partial charge in [0, 0.05) is 49.4 Å². The summed E-state index contributed by atoms with van der Waals surface area (Å²) in [5, 5.41) is 12.6. The normalized spacial score (nSPS) is 14.7. The number of rotatable bonds is 7. The zero-order chi connectivity index (χ0) is 20.9. The molecule has 1 aliphatic heterocycles. The van der Waals surface area contributed by atoms with Crippen LogP contribution in [-0.2, 0) is 6.54 Å². The number of aromatic hydroxyl groups is 1. The van der Waals surface area contributed by atoms with E-state index in [-0.39, 0.29) is 0 Å². The fraction of sp³-hybridized carbons (Fsp3) is 0.348. The fourth-order valence-corrected chi connectivity index (χ4v) is 4.45. The van der Waals surface area contributed by atoms with Crippen molar-refractivity contribution in [3.63, 3.8) is 0 Å². The maximum atomic E-state index is 9.47. The average Bonchev–Trinajstić information content (AvgIpc) is 3.24. The van der Waals surface area contributed by atoms with Crippen LogP contribution in [0.2, 0.25) is 0 Å². The molecule has 158 valence electrons. The first kappa shape index (κ1) is 20.5. The zero-order valence-electron chi connectivity index (χ0n) is 17.4. The summed E-state index contributed by atoms with van der Waals surface area (Å²) >= 11 is 1.66. The standard InChI is InChI=1S/C23H27N3O3S/c1-3-29-21-9-4-17(14-22(21)28-2)23-24-18(16-30-23)15-25-10-12-26(13-11-25)19-5-7-20(27)8-6-19/h4-9,14,16,27H,3,10-13,15H2,1-2H3. The molecule has 2 aromatic carbocycles. The molecule has 1 aliphatic rings. The van der Waals surface area contributed by atoms with Gasteiger partial charge in [0.1, 0.15) is 10.8 Å². The first-order valence-electron chi connectivity index (χ1n) is 10.2. The van der Waals surface area contributed by atoms with Crippen LogP contribution in [-0.4, -0.2) is 54.9 Å². The Morgan fingerprint density at radius 1 is 1.03 bits per heavy atom. The number of benzene rings is 2. The van der Waals surface area contributed by atoms with Crippen molar-refractivity contribution in [3.05, 3.63) is 53.5 Å². The lowest BCUT2D eigenvalue weighted by Crippen LogP contribution is -2.46. The molecule has 6 nitrogen and oxygen atoms in total. The lowest BCUT2D eigenvalue weighted by atomic mass is 10.2. The van der Waals surface area contributed by atoms with Crippen molar-refractivity contribution < 1.29 is 14.6 Å². The summed E-state index contributed by atoms with van der Waals surface area (Å²) in [6.07, 6.45) is 0. The van der Waals surface area contributed by atoms with Crippen LogP contribution in [0.25, 0.3) is 10.6 Å². The van der Waals surface area contributed by atoms with E-state index in [4.69, 9.17) is 14.5 Å². The summed E-state index contributed by atoms with van der Waals surface area (Å²) in [6, 6.07) is 13.4. The van der Waals surface area contributed by atoms with Gasteiger partial charge in [-0.1, -0.05) is 0 Å². The number of phenolic OH excluding ortho intramolecular Hbond substituents is 1. The largest absolute Gasteiger partial charge is 0.508 e. The summed E-state index contributed by atoms with van der Waals surface area (Å²) in [4.78, 5) is 9.65. The number of hydrogen-bond donors (Lipinski definition) is 1. The minimum absolute atomic E-state index is 0.307. The van der Waals surface area contributed by atoms with E-state index in [9.17, 15) is 5.11 Å². The van der Waals surface area contributed by atoms with Gasteiger partial charge in [0.15, 0.2) is 11.5 Å². The van der Waals surface area contributed by atoms with Gasteiger partial charge >= 0.3 is 0 Å². The Morgan fingerprint density at radius 2 is 1.80 bits per heavy atom. The number of nitrogens with zero attached hydrogens (tertiary/aromatic N) is 3. The zero-order valence-corrected chi connectivity index (χ0v) is 18.2. The highest BCUT2D eigenvalue weighted by Gasteiger charge is 2.18. The topological polar surface area (TPSA) is 58.1 Å². The van der Waals surface area contributed by atoms with Gasteiger partial charge in [0.25, 0.3) is 0 Å². The number of phenols is 1. The maximum Gasteiger partial charge on any atom is 0.161 e. The van der Waals surface area contributed by atoms with E-state index in [1.807, 2.05) is 37.3 Å². The summed E-state index contributed by atoms with van der Waals surface area (Å²) in [6.45, 7) is 7.35. The maximum absolute atomic E-state index is 9.47. The van der Waals surface area contributed by atoms with Gasteiger partial charge in [-0.15, -0.1) is 11.3 Å². The molecule has 1 aromatic heterocycles. The Morgan fingerprint density at radius 3 is 2.50 bits per heavy atom. The molecule has 0 aliphatic carbocycles. The first-order chi connectivity index (χ1) is 14.7. The number of anilines is 1. The summed E-state index contributed by atoms with van der Waals surface area (Å²) in [7, 11) is 1.66. The van der Waals surface area contributed by atoms with Crippen LogP contribution in [0, 0.1) is 0 Å². The highest BCUT2D eigenvalue weighted by atomic mass is 32.1. The molecular formula is C23H27N3O3S. The third kappa shape index (κ3) is 4.68. The first-order valence-corrected chi connectivity index (χ1v) is 11.1. The van der Waals surface area contributed by atoms with Gasteiger partial charge in [-0.05, 0) is 49.4 Å². The molecule has 3 aromatic rings. The Balaban J connectivity index is 1.37. The van der Waals surface area contributed by atoms with Crippen molar-refractivity contribution in [1.82, 2.24) is 9.88 Å². The second-order valence-electron chi connectivity index (χ2n) is 7.22. The number of thiazole rings is 1. The fourth-order valence-electron chi connectivity index (χ4n) is 3.64. The highest BCUT2D eigenvalue weighted by molar-refractivity contribution is 7.13. The van der Waals surface area contributed by atoms with Crippen molar-refractivity contribution in [1.29, 1.82) is 0 Å². The molecule has 4 rings (SSSR count). The predicted octanol–water partition coefficient (Wildman–Crippen LogP) is 4.25. The molecule has 7 heteroatoms. The molecule has 1 fully saturated rings. The lowest BCUT2D eigenvalue weighted by Gasteiger charge is -2.35. The van der Waals surface area contributed by atoms with Crippen LogP contribution in [0.3, 0.4) is 0 Å². The summed E-state index contributed by atoms with van der Waals surface area (Å²) < 4.78 is 11.1. The molecule has 0 radical (unpaired) electrons. The van der Waals surface area contributed by atoms with E-state index in [1.54, 1.807) is 30.6 Å². The van der Waals surface area contributed by atoms with Gasteiger partial charge in [0.2, 0.25) is 0 Å². The van der Waals surface area contributed by atoms with E-state index < -0.39 is 0 Å².